The standard InChI is InChI=1S/C24H31ClN8O3S.C19H27BrN6O3.C19H23ClN8OS.C5H5ClN2S.K/c1-14-18(31-22(34)36-23(2,3)4)24(12-35-14)6-9-32(10-7-24)20-21-29-13-30-33(21)16(11-28-20)37-15-5-8-27-19(26)17(15)25;1-12-14(24-17(27)29-18(2,3)4)19(10-28-12)5-7-25(8-6-19)15-16-22-11-23-26(16)13(20)9-21-15;1-11-15(21)19(9-29-11)3-6-27(7-4-19)17-18-25-10-26-28(18)13(8-24-17)30-12-2-5-23-16(22)14(12)20;6-4-3(9)1-2-8-5(4)7;/h5,8,11,13-14,18H,6-7,9-10,12H2,1-4H3,(H2,26,27)(H,31,34);9,11-12,14H,5-8,10H2,1-4H3,(H,24,27);2,5,8,10-11,15H,3-4,6-7,9,21H2,1H3,(H2,22,23);1-2H,(H3,7,8,9);/q;;;;+1/p-1/t14-,18+;12-,14+;11-,15+;;/m000../s1. The number of rotatable bonds is 9. The normalized spacial score (nSPS) is 21.6. The van der Waals surface area contributed by atoms with Crippen LogP contribution in [0.2, 0.25) is 15.1 Å². The molecular weight excluding hydrogens is 1570 g/mol. The quantitative estimate of drug-likeness (QED) is 0.0622. The molecule has 106 heavy (non-hydrogen) atoms. The molecule has 6 saturated heterocycles. The molecule has 15 rings (SSSR count). The number of carbonyl (C=O) groups is 2. The molecule has 9 aromatic heterocycles. The van der Waals surface area contributed by atoms with Crippen molar-refractivity contribution >= 4 is 151 Å². The van der Waals surface area contributed by atoms with Gasteiger partial charge in [-0.05, 0) is 129 Å². The second-order valence-electron chi connectivity index (χ2n) is 28.8. The minimum Gasteiger partial charge on any atom is -0.778 e. The molecule has 2 amide bonds. The summed E-state index contributed by atoms with van der Waals surface area (Å²) in [5.41, 5.74) is 24.3. The number of hydrogen-bond acceptors (Lipinski definition) is 29. The van der Waals surface area contributed by atoms with E-state index in [1.54, 1.807) is 63.0 Å². The monoisotopic (exact) mass is 1660 g/mol. The SMILES string of the molecule is C[C@@H]1OCC2(CCN(c3ncc(Br)n4ncnc34)CC2)[C@@H]1NC(=O)OC(C)(C)C.C[C@@H]1OCC2(CCN(c3ncc(Sc4ccnc(N)c4Cl)n4ncnc34)CC2)[C@@H]1N.C[C@@H]1OCC2(CCN(c3ncc(Sc4ccnc(N)c4Cl)n4ncnc34)CC2)[C@@H]1NC(=O)OC(C)(C)C.Nc1nccc([S-])c1Cl.[K+]. The zero-order chi connectivity index (χ0) is 74.9. The van der Waals surface area contributed by atoms with Crippen LogP contribution in [-0.4, -0.2) is 193 Å². The third-order valence-electron chi connectivity index (χ3n) is 19.7. The van der Waals surface area contributed by atoms with Crippen LogP contribution in [0.1, 0.15) is 101 Å². The number of pyridine rings is 3. The first-order valence-electron chi connectivity index (χ1n) is 34.2. The van der Waals surface area contributed by atoms with E-state index in [1.165, 1.54) is 42.4 Å². The van der Waals surface area contributed by atoms with Gasteiger partial charge in [-0.15, -0.1) is 0 Å². The number of alkyl carbamates (subject to hydrolysis) is 2. The van der Waals surface area contributed by atoms with Gasteiger partial charge in [-0.1, -0.05) is 64.4 Å². The molecule has 0 aliphatic carbocycles. The van der Waals surface area contributed by atoms with Crippen LogP contribution in [0.3, 0.4) is 0 Å². The number of nitrogens with two attached hydrogens (primary N) is 4. The van der Waals surface area contributed by atoms with Crippen LogP contribution in [-0.2, 0) is 36.3 Å². The molecule has 6 aliphatic heterocycles. The van der Waals surface area contributed by atoms with Gasteiger partial charge in [-0.2, -0.15) is 20.2 Å². The Labute approximate surface area is 693 Å². The van der Waals surface area contributed by atoms with E-state index in [9.17, 15) is 9.59 Å². The van der Waals surface area contributed by atoms with Crippen LogP contribution in [0.15, 0.2) is 104 Å². The fraction of sp³-hybridized carbons (Fsp3) is 0.522. The molecule has 31 nitrogen and oxygen atoms in total. The summed E-state index contributed by atoms with van der Waals surface area (Å²) in [6, 6.07) is 5.13. The Morgan fingerprint density at radius 2 is 0.887 bits per heavy atom. The zero-order valence-electron chi connectivity index (χ0n) is 60.5. The topological polar surface area (TPSA) is 386 Å². The molecule has 6 atom stereocenters. The fourth-order valence-corrected chi connectivity index (χ4v) is 17.0. The van der Waals surface area contributed by atoms with Crippen molar-refractivity contribution in [1.29, 1.82) is 0 Å². The van der Waals surface area contributed by atoms with Gasteiger partial charge in [0.2, 0.25) is 0 Å². The van der Waals surface area contributed by atoms with E-state index in [0.29, 0.717) is 50.5 Å². The molecule has 6 fully saturated rings. The van der Waals surface area contributed by atoms with Crippen LogP contribution in [0.5, 0.6) is 0 Å². The number of aromatic nitrogens is 15. The maximum atomic E-state index is 12.5. The molecule has 9 aromatic rings. The van der Waals surface area contributed by atoms with E-state index in [2.05, 4.69) is 98.4 Å². The first-order chi connectivity index (χ1) is 49.9. The van der Waals surface area contributed by atoms with E-state index in [4.69, 9.17) is 104 Å². The summed E-state index contributed by atoms with van der Waals surface area (Å²) < 4.78 is 34.9. The Bertz CT molecular complexity index is 4570. The number of ether oxygens (including phenoxy) is 5. The molecule has 0 bridgehead atoms. The fourth-order valence-electron chi connectivity index (χ4n) is 14.1. The van der Waals surface area contributed by atoms with Gasteiger partial charge < -0.3 is 84.6 Å². The Morgan fingerprint density at radius 1 is 0.538 bits per heavy atom. The van der Waals surface area contributed by atoms with Gasteiger partial charge in [-0.3, -0.25) is 0 Å². The first kappa shape index (κ1) is 81.2. The average molecular weight is 1660 g/mol. The predicted molar refractivity (Wildman–Crippen MR) is 407 cm³/mol. The van der Waals surface area contributed by atoms with Crippen LogP contribution >= 0.6 is 74.3 Å². The molecule has 15 heterocycles. The Balaban J connectivity index is 0.000000150. The predicted octanol–water partition coefficient (Wildman–Crippen LogP) is 7.06. The molecule has 0 radical (unpaired) electrons. The van der Waals surface area contributed by atoms with E-state index >= 15 is 0 Å². The van der Waals surface area contributed by atoms with Gasteiger partial charge in [0.1, 0.15) is 62.3 Å². The van der Waals surface area contributed by atoms with E-state index in [0.717, 1.165) is 138 Å². The summed E-state index contributed by atoms with van der Waals surface area (Å²) in [5.74, 6) is 3.28. The molecule has 3 spiro atoms. The van der Waals surface area contributed by atoms with Crippen molar-refractivity contribution in [3.05, 3.63) is 94.0 Å². The second-order valence-corrected chi connectivity index (χ2v) is 33.3. The van der Waals surface area contributed by atoms with Crippen LogP contribution in [0, 0.1) is 16.2 Å². The van der Waals surface area contributed by atoms with Gasteiger partial charge in [0.05, 0.1) is 83.9 Å². The second kappa shape index (κ2) is 33.8. The third kappa shape index (κ3) is 18.0. The van der Waals surface area contributed by atoms with Crippen molar-refractivity contribution in [3.8, 4) is 0 Å². The Morgan fingerprint density at radius 3 is 1.26 bits per heavy atom. The van der Waals surface area contributed by atoms with E-state index in [1.807, 2.05) is 61.5 Å². The van der Waals surface area contributed by atoms with Gasteiger partial charge in [-0.25, -0.2) is 68.0 Å². The van der Waals surface area contributed by atoms with Crippen LogP contribution < -0.4 is 99.7 Å². The number of nitrogens with zero attached hydrogens (tertiary/aromatic N) is 18. The molecule has 0 unspecified atom stereocenters. The Hall–Kier alpha value is -5.81. The molecule has 10 N–H and O–H groups in total. The Kier molecular flexibility index (Phi) is 25.9. The summed E-state index contributed by atoms with van der Waals surface area (Å²) in [4.78, 5) is 72.9. The number of anilines is 6. The van der Waals surface area contributed by atoms with E-state index in [-0.39, 0.29) is 116 Å². The van der Waals surface area contributed by atoms with Crippen molar-refractivity contribution in [2.24, 2.45) is 22.0 Å². The van der Waals surface area contributed by atoms with Crippen molar-refractivity contribution < 1.29 is 84.7 Å². The largest absolute Gasteiger partial charge is 1.00 e. The molecule has 562 valence electrons. The molecule has 0 aromatic carbocycles. The number of hydrogen-bond donors (Lipinski definition) is 6. The van der Waals surface area contributed by atoms with Crippen LogP contribution in [0.25, 0.3) is 16.9 Å². The minimum atomic E-state index is -0.557. The van der Waals surface area contributed by atoms with Gasteiger partial charge in [0, 0.05) is 89.9 Å². The minimum absolute atomic E-state index is 0. The van der Waals surface area contributed by atoms with Gasteiger partial charge >= 0.3 is 63.6 Å². The third-order valence-corrected chi connectivity index (χ3v) is 24.2. The average Bonchev–Trinajstić information content (AvgIpc) is 1.56. The smallest absolute Gasteiger partial charge is 0.778 e. The summed E-state index contributed by atoms with van der Waals surface area (Å²) in [6.45, 7) is 24.1. The number of amides is 2. The van der Waals surface area contributed by atoms with Gasteiger partial charge in [0.15, 0.2) is 34.4 Å². The van der Waals surface area contributed by atoms with Crippen molar-refractivity contribution in [3.63, 3.8) is 0 Å². The number of fused-ring (bicyclic) bond motifs is 3. The molecule has 0 saturated carbocycles. The number of carbonyl (C=O) groups excluding carboxylic acids is 2. The summed E-state index contributed by atoms with van der Waals surface area (Å²) in [6.07, 6.45) is 19.2. The number of nitrogens with one attached hydrogen (secondary N) is 2. The van der Waals surface area contributed by atoms with Crippen molar-refractivity contribution in [2.45, 2.75) is 173 Å². The number of halogens is 4. The maximum Gasteiger partial charge on any atom is 1.00 e. The first-order valence-corrected chi connectivity index (χ1v) is 38.2. The van der Waals surface area contributed by atoms with Crippen molar-refractivity contribution in [1.82, 2.24) is 84.3 Å². The summed E-state index contributed by atoms with van der Waals surface area (Å²) in [5, 5.41) is 22.0. The van der Waals surface area contributed by atoms with Crippen molar-refractivity contribution in [2.75, 3.05) is 91.0 Å². The molecule has 39 heteroatoms. The van der Waals surface area contributed by atoms with E-state index < -0.39 is 17.3 Å². The summed E-state index contributed by atoms with van der Waals surface area (Å²) >= 11 is 29.3. The van der Waals surface area contributed by atoms with Gasteiger partial charge in [0.25, 0.3) is 0 Å². The molecular formula is C67H85BrCl3KN24O7S3. The zero-order valence-corrected chi connectivity index (χ0v) is 69.9. The number of nitrogen functional groups attached to an aromatic ring is 3. The van der Waals surface area contributed by atoms with Crippen LogP contribution in [0.4, 0.5) is 44.5 Å². The number of piperidine rings is 3. The summed E-state index contributed by atoms with van der Waals surface area (Å²) in [7, 11) is 0. The maximum absolute atomic E-state index is 12.5. The molecule has 6 aliphatic rings.